The number of benzene rings is 2. The zero-order valence-electron chi connectivity index (χ0n) is 15.1. The highest BCUT2D eigenvalue weighted by Gasteiger charge is 2.37. The Morgan fingerprint density at radius 1 is 1.17 bits per heavy atom. The molecular formula is C20H14F3N3O2S. The molecule has 2 aromatic heterocycles. The highest BCUT2D eigenvalue weighted by atomic mass is 32.1. The molecule has 0 aliphatic carbocycles. The molecule has 9 heteroatoms. The van der Waals surface area contributed by atoms with Gasteiger partial charge in [0.05, 0.1) is 12.3 Å². The van der Waals surface area contributed by atoms with Gasteiger partial charge in [-0.1, -0.05) is 42.5 Å². The number of aromatic nitrogens is 3. The Morgan fingerprint density at radius 3 is 2.69 bits per heavy atom. The first kappa shape index (κ1) is 19.1. The molecule has 0 bridgehead atoms. The molecule has 0 N–H and O–H groups in total. The molecule has 0 aliphatic heterocycles. The van der Waals surface area contributed by atoms with Crippen LogP contribution >= 0.6 is 11.3 Å². The maximum absolute atomic E-state index is 13.7. The van der Waals surface area contributed by atoms with Crippen molar-refractivity contribution < 1.29 is 22.7 Å². The highest BCUT2D eigenvalue weighted by Crippen LogP contribution is 2.36. The molecule has 0 fully saturated rings. The second-order valence-corrected chi connectivity index (χ2v) is 6.92. The SMILES string of the molecule is CCOC(=O)c1csc(-n2nc(-c3cccc4ccccc34)cc2C(F)(F)F)n1. The lowest BCUT2D eigenvalue weighted by Gasteiger charge is -2.07. The first-order chi connectivity index (χ1) is 13.9. The van der Waals surface area contributed by atoms with E-state index in [1.165, 1.54) is 5.38 Å². The van der Waals surface area contributed by atoms with Crippen LogP contribution in [0.3, 0.4) is 0 Å². The Balaban J connectivity index is 1.85. The average molecular weight is 417 g/mol. The van der Waals surface area contributed by atoms with E-state index in [1.54, 1.807) is 19.1 Å². The molecule has 2 aromatic carbocycles. The fraction of sp³-hybridized carbons (Fsp3) is 0.150. The Hall–Kier alpha value is -3.20. The van der Waals surface area contributed by atoms with Crippen molar-refractivity contribution in [2.45, 2.75) is 13.1 Å². The normalized spacial score (nSPS) is 11.7. The van der Waals surface area contributed by atoms with E-state index < -0.39 is 17.8 Å². The summed E-state index contributed by atoms with van der Waals surface area (Å²) in [5.41, 5.74) is -0.274. The number of carbonyl (C=O) groups is 1. The summed E-state index contributed by atoms with van der Waals surface area (Å²) in [6.45, 7) is 1.78. The number of esters is 1. The summed E-state index contributed by atoms with van der Waals surface area (Å²) in [5.74, 6) is -0.690. The smallest absolute Gasteiger partial charge is 0.433 e. The van der Waals surface area contributed by atoms with Gasteiger partial charge in [-0.05, 0) is 23.8 Å². The van der Waals surface area contributed by atoms with Gasteiger partial charge in [0, 0.05) is 10.9 Å². The number of halogens is 3. The molecule has 0 radical (unpaired) electrons. The van der Waals surface area contributed by atoms with E-state index in [0.717, 1.165) is 32.9 Å². The zero-order valence-corrected chi connectivity index (χ0v) is 15.9. The van der Waals surface area contributed by atoms with Crippen LogP contribution in [-0.4, -0.2) is 27.3 Å². The monoisotopic (exact) mass is 417 g/mol. The van der Waals surface area contributed by atoms with Gasteiger partial charge in [0.2, 0.25) is 5.13 Å². The molecular weight excluding hydrogens is 403 g/mol. The lowest BCUT2D eigenvalue weighted by molar-refractivity contribution is -0.142. The summed E-state index contributed by atoms with van der Waals surface area (Å²) in [6, 6.07) is 13.8. The van der Waals surface area contributed by atoms with E-state index in [-0.39, 0.29) is 23.1 Å². The van der Waals surface area contributed by atoms with Crippen LogP contribution in [0.15, 0.2) is 53.9 Å². The summed E-state index contributed by atoms with van der Waals surface area (Å²) in [7, 11) is 0. The third kappa shape index (κ3) is 3.61. The lowest BCUT2D eigenvalue weighted by Crippen LogP contribution is -2.13. The summed E-state index contributed by atoms with van der Waals surface area (Å²) in [5, 5.41) is 7.16. The van der Waals surface area contributed by atoms with Crippen LogP contribution in [0.25, 0.3) is 27.2 Å². The molecule has 0 saturated carbocycles. The number of fused-ring (bicyclic) bond motifs is 1. The number of nitrogens with zero attached hydrogens (tertiary/aromatic N) is 3. The van der Waals surface area contributed by atoms with Crippen molar-refractivity contribution in [2.24, 2.45) is 0 Å². The van der Waals surface area contributed by atoms with Crippen molar-refractivity contribution >= 4 is 28.1 Å². The second kappa shape index (κ2) is 7.32. The average Bonchev–Trinajstić information content (AvgIpc) is 3.35. The molecule has 4 rings (SSSR count). The fourth-order valence-corrected chi connectivity index (χ4v) is 3.73. The van der Waals surface area contributed by atoms with Crippen molar-refractivity contribution in [3.05, 3.63) is 65.3 Å². The van der Waals surface area contributed by atoms with E-state index in [2.05, 4.69) is 10.1 Å². The lowest BCUT2D eigenvalue weighted by atomic mass is 10.0. The third-order valence-corrected chi connectivity index (χ3v) is 5.04. The van der Waals surface area contributed by atoms with Crippen LogP contribution < -0.4 is 0 Å². The summed E-state index contributed by atoms with van der Waals surface area (Å²) in [4.78, 5) is 15.8. The molecule has 2 heterocycles. The van der Waals surface area contributed by atoms with Crippen molar-refractivity contribution in [1.82, 2.24) is 14.8 Å². The van der Waals surface area contributed by atoms with E-state index in [0.29, 0.717) is 5.56 Å². The minimum Gasteiger partial charge on any atom is -0.461 e. The number of alkyl halides is 3. The van der Waals surface area contributed by atoms with Crippen LogP contribution in [0.2, 0.25) is 0 Å². The molecule has 148 valence electrons. The molecule has 0 aliphatic rings. The van der Waals surface area contributed by atoms with Gasteiger partial charge in [-0.15, -0.1) is 11.3 Å². The predicted molar refractivity (Wildman–Crippen MR) is 103 cm³/mol. The standard InChI is InChI=1S/C20H14F3N3O2S/c1-2-28-18(27)16-11-29-19(24-16)26-17(20(21,22)23)10-15(25-26)14-9-5-7-12-6-3-4-8-13(12)14/h3-11H,2H2,1H3. The molecule has 5 nitrogen and oxygen atoms in total. The van der Waals surface area contributed by atoms with Gasteiger partial charge in [-0.25, -0.2) is 14.5 Å². The number of ether oxygens (including phenoxy) is 1. The number of hydrogen-bond acceptors (Lipinski definition) is 5. The van der Waals surface area contributed by atoms with E-state index in [9.17, 15) is 18.0 Å². The van der Waals surface area contributed by atoms with E-state index in [1.807, 2.05) is 30.3 Å². The second-order valence-electron chi connectivity index (χ2n) is 6.09. The number of carbonyl (C=O) groups excluding carboxylic acids is 1. The van der Waals surface area contributed by atoms with Crippen molar-refractivity contribution in [2.75, 3.05) is 6.61 Å². The summed E-state index contributed by atoms with van der Waals surface area (Å²) in [6.07, 6.45) is -4.65. The van der Waals surface area contributed by atoms with Gasteiger partial charge in [-0.3, -0.25) is 0 Å². The first-order valence-electron chi connectivity index (χ1n) is 8.67. The van der Waals surface area contributed by atoms with Crippen LogP contribution in [-0.2, 0) is 10.9 Å². The number of rotatable bonds is 4. The molecule has 0 saturated heterocycles. The maximum atomic E-state index is 13.7. The van der Waals surface area contributed by atoms with E-state index >= 15 is 0 Å². The summed E-state index contributed by atoms with van der Waals surface area (Å²) >= 11 is 0.888. The zero-order chi connectivity index (χ0) is 20.6. The molecule has 0 unspecified atom stereocenters. The summed E-state index contributed by atoms with van der Waals surface area (Å²) < 4.78 is 46.6. The number of hydrogen-bond donors (Lipinski definition) is 0. The van der Waals surface area contributed by atoms with Gasteiger partial charge in [0.1, 0.15) is 0 Å². The van der Waals surface area contributed by atoms with Gasteiger partial charge in [0.15, 0.2) is 11.4 Å². The highest BCUT2D eigenvalue weighted by molar-refractivity contribution is 7.12. The maximum Gasteiger partial charge on any atom is 0.433 e. The van der Waals surface area contributed by atoms with Crippen molar-refractivity contribution in [1.29, 1.82) is 0 Å². The van der Waals surface area contributed by atoms with Gasteiger partial charge in [-0.2, -0.15) is 18.3 Å². The Morgan fingerprint density at radius 2 is 1.93 bits per heavy atom. The van der Waals surface area contributed by atoms with Gasteiger partial charge in [0.25, 0.3) is 0 Å². The van der Waals surface area contributed by atoms with Gasteiger partial charge < -0.3 is 4.74 Å². The minimum atomic E-state index is -4.65. The van der Waals surface area contributed by atoms with Crippen LogP contribution in [0.5, 0.6) is 0 Å². The molecule has 0 spiro atoms. The van der Waals surface area contributed by atoms with Crippen LogP contribution in [0, 0.1) is 0 Å². The molecule has 0 amide bonds. The van der Waals surface area contributed by atoms with Crippen LogP contribution in [0.4, 0.5) is 13.2 Å². The Labute approximate surface area is 167 Å². The van der Waals surface area contributed by atoms with E-state index in [4.69, 9.17) is 4.74 Å². The van der Waals surface area contributed by atoms with Gasteiger partial charge >= 0.3 is 12.1 Å². The van der Waals surface area contributed by atoms with Crippen molar-refractivity contribution in [3.63, 3.8) is 0 Å². The first-order valence-corrected chi connectivity index (χ1v) is 9.55. The fourth-order valence-electron chi connectivity index (χ4n) is 2.97. The topological polar surface area (TPSA) is 57.0 Å². The molecule has 4 aromatic rings. The number of thiazole rings is 1. The largest absolute Gasteiger partial charge is 0.461 e. The third-order valence-electron chi connectivity index (χ3n) is 4.22. The Kier molecular flexibility index (Phi) is 4.83. The Bertz CT molecular complexity index is 1190. The molecule has 29 heavy (non-hydrogen) atoms. The molecule has 0 atom stereocenters. The predicted octanol–water partition coefficient (Wildman–Crippen LogP) is 5.34. The van der Waals surface area contributed by atoms with Crippen molar-refractivity contribution in [3.8, 4) is 16.4 Å². The quantitative estimate of drug-likeness (QED) is 0.421. The minimum absolute atomic E-state index is 0.0535. The van der Waals surface area contributed by atoms with Crippen LogP contribution in [0.1, 0.15) is 23.1 Å².